The Balaban J connectivity index is 1.47. The van der Waals surface area contributed by atoms with Gasteiger partial charge in [-0.25, -0.2) is 4.98 Å². The van der Waals surface area contributed by atoms with Crippen LogP contribution in [0.1, 0.15) is 17.0 Å². The number of hydrogen-bond donors (Lipinski definition) is 2. The van der Waals surface area contributed by atoms with Crippen LogP contribution >= 0.6 is 11.6 Å². The van der Waals surface area contributed by atoms with Gasteiger partial charge in [-0.1, -0.05) is 35.0 Å². The van der Waals surface area contributed by atoms with Gasteiger partial charge in [0.05, 0.1) is 17.8 Å². The van der Waals surface area contributed by atoms with Gasteiger partial charge >= 0.3 is 0 Å². The number of aromatic nitrogens is 3. The Morgan fingerprint density at radius 3 is 2.59 bits per heavy atom. The molecule has 0 spiro atoms. The molecule has 2 aromatic carbocycles. The first kappa shape index (κ1) is 25.0. The van der Waals surface area contributed by atoms with Crippen LogP contribution in [0, 0.1) is 13.8 Å². The molecule has 192 valence electrons. The maximum Gasteiger partial charge on any atom is 0.233 e. The van der Waals surface area contributed by atoms with Gasteiger partial charge in [-0.2, -0.15) is 4.98 Å². The Bertz CT molecular complexity index is 1410. The molecule has 0 radical (unpaired) electrons. The van der Waals surface area contributed by atoms with E-state index >= 15 is 0 Å². The van der Waals surface area contributed by atoms with E-state index in [1.807, 2.05) is 50.2 Å². The number of halogens is 1. The maximum atomic E-state index is 11.8. The van der Waals surface area contributed by atoms with Crippen LogP contribution in [-0.2, 0) is 11.3 Å². The lowest BCUT2D eigenvalue weighted by molar-refractivity contribution is -0.121. The molecule has 2 N–H and O–H groups in total. The minimum absolute atomic E-state index is 0.0250. The highest BCUT2D eigenvalue weighted by Crippen LogP contribution is 2.32. The van der Waals surface area contributed by atoms with Gasteiger partial charge in [-0.15, -0.1) is 0 Å². The van der Waals surface area contributed by atoms with Crippen molar-refractivity contribution in [3.63, 3.8) is 0 Å². The number of piperazine rings is 1. The van der Waals surface area contributed by atoms with E-state index in [1.165, 1.54) is 0 Å². The van der Waals surface area contributed by atoms with Crippen molar-refractivity contribution in [2.45, 2.75) is 20.4 Å². The highest BCUT2D eigenvalue weighted by Gasteiger charge is 2.22. The molecule has 0 saturated carbocycles. The second kappa shape index (κ2) is 10.7. The molecule has 37 heavy (non-hydrogen) atoms. The van der Waals surface area contributed by atoms with Gasteiger partial charge in [-0.05, 0) is 49.2 Å². The van der Waals surface area contributed by atoms with Crippen molar-refractivity contribution in [2.24, 2.45) is 0 Å². The first-order chi connectivity index (χ1) is 17.9. The fourth-order valence-corrected chi connectivity index (χ4v) is 4.88. The topological polar surface area (TPSA) is 99.4 Å². The van der Waals surface area contributed by atoms with Crippen LogP contribution < -0.4 is 15.5 Å². The molecule has 1 fully saturated rings. The van der Waals surface area contributed by atoms with Crippen molar-refractivity contribution in [3.05, 3.63) is 64.5 Å². The Labute approximate surface area is 220 Å². The zero-order chi connectivity index (χ0) is 25.9. The van der Waals surface area contributed by atoms with Gasteiger partial charge in [0.25, 0.3) is 0 Å². The lowest BCUT2D eigenvalue weighted by atomic mass is 10.0. The zero-order valence-electron chi connectivity index (χ0n) is 21.2. The van der Waals surface area contributed by atoms with Gasteiger partial charge in [-0.3, -0.25) is 9.69 Å². The van der Waals surface area contributed by atoms with E-state index in [1.54, 1.807) is 7.05 Å². The number of amides is 1. The predicted molar refractivity (Wildman–Crippen MR) is 146 cm³/mol. The summed E-state index contributed by atoms with van der Waals surface area (Å²) >= 11 is 6.20. The first-order valence-electron chi connectivity index (χ1n) is 12.3. The zero-order valence-corrected chi connectivity index (χ0v) is 22.0. The summed E-state index contributed by atoms with van der Waals surface area (Å²) in [5.41, 5.74) is 4.75. The quantitative estimate of drug-likeness (QED) is 0.377. The van der Waals surface area contributed by atoms with E-state index < -0.39 is 0 Å². The molecule has 9 nitrogen and oxygen atoms in total. The Hall–Kier alpha value is -3.69. The maximum absolute atomic E-state index is 11.8. The minimum atomic E-state index is 0.0250. The Morgan fingerprint density at radius 1 is 1.08 bits per heavy atom. The van der Waals surface area contributed by atoms with Crippen LogP contribution in [0.2, 0.25) is 5.02 Å². The molecular formula is C27H30ClN7O2. The summed E-state index contributed by atoms with van der Waals surface area (Å²) in [6.45, 7) is 7.86. The number of anilines is 2. The summed E-state index contributed by atoms with van der Waals surface area (Å²) in [5.74, 6) is 2.22. The summed E-state index contributed by atoms with van der Waals surface area (Å²) in [7, 11) is 1.66. The fourth-order valence-electron chi connectivity index (χ4n) is 4.66. The van der Waals surface area contributed by atoms with Gasteiger partial charge in [0.15, 0.2) is 0 Å². The smallest absolute Gasteiger partial charge is 0.233 e. The molecule has 1 aliphatic rings. The molecule has 0 aliphatic carbocycles. The molecule has 10 heteroatoms. The Kier molecular flexibility index (Phi) is 7.25. The van der Waals surface area contributed by atoms with E-state index in [2.05, 4.69) is 31.7 Å². The summed E-state index contributed by atoms with van der Waals surface area (Å²) in [6.07, 6.45) is 0. The monoisotopic (exact) mass is 519 g/mol. The van der Waals surface area contributed by atoms with E-state index in [0.717, 1.165) is 71.0 Å². The summed E-state index contributed by atoms with van der Waals surface area (Å²) in [5, 5.41) is 11.9. The molecule has 5 rings (SSSR count). The van der Waals surface area contributed by atoms with Crippen molar-refractivity contribution in [1.82, 2.24) is 25.3 Å². The number of aryl methyl sites for hydroxylation is 2. The summed E-state index contributed by atoms with van der Waals surface area (Å²) in [4.78, 5) is 26.0. The third-order valence-electron chi connectivity index (χ3n) is 6.66. The van der Waals surface area contributed by atoms with Crippen molar-refractivity contribution in [2.75, 3.05) is 50.0 Å². The molecule has 1 aliphatic heterocycles. The third kappa shape index (κ3) is 5.52. The lowest BCUT2D eigenvalue weighted by Gasteiger charge is -2.34. The molecule has 4 aromatic rings. The number of likely N-dealkylation sites (N-methyl/N-ethyl adjacent to an activating group) is 1. The van der Waals surface area contributed by atoms with E-state index in [4.69, 9.17) is 26.1 Å². The second-order valence-electron chi connectivity index (χ2n) is 9.22. The van der Waals surface area contributed by atoms with Crippen molar-refractivity contribution < 1.29 is 9.32 Å². The van der Waals surface area contributed by atoms with Crippen LogP contribution in [0.3, 0.4) is 0 Å². The molecule has 0 bridgehead atoms. The molecular weight excluding hydrogens is 490 g/mol. The SMILES string of the molecule is CNC(=O)CN1CCN(c2nc(NCc3cccc(Cl)c3)c3cc(-c4c(C)noc4C)ccc3n2)CC1. The lowest BCUT2D eigenvalue weighted by Crippen LogP contribution is -2.49. The molecule has 0 unspecified atom stereocenters. The molecule has 2 aromatic heterocycles. The van der Waals surface area contributed by atoms with Gasteiger partial charge in [0.1, 0.15) is 11.6 Å². The van der Waals surface area contributed by atoms with Crippen molar-refractivity contribution >= 4 is 40.2 Å². The number of benzene rings is 2. The predicted octanol–water partition coefficient (Wildman–Crippen LogP) is 4.04. The number of carbonyl (C=O) groups is 1. The van der Waals surface area contributed by atoms with Crippen LogP contribution in [0.4, 0.5) is 11.8 Å². The number of rotatable bonds is 7. The van der Waals surface area contributed by atoms with Crippen LogP contribution in [0.15, 0.2) is 47.0 Å². The average Bonchev–Trinajstić information content (AvgIpc) is 3.24. The minimum Gasteiger partial charge on any atom is -0.365 e. The number of fused-ring (bicyclic) bond motifs is 1. The Morgan fingerprint density at radius 2 is 1.89 bits per heavy atom. The van der Waals surface area contributed by atoms with Crippen LogP contribution in [-0.4, -0.2) is 65.7 Å². The summed E-state index contributed by atoms with van der Waals surface area (Å²) in [6, 6.07) is 13.9. The largest absolute Gasteiger partial charge is 0.365 e. The molecule has 0 atom stereocenters. The van der Waals surface area contributed by atoms with Crippen molar-refractivity contribution in [3.8, 4) is 11.1 Å². The summed E-state index contributed by atoms with van der Waals surface area (Å²) < 4.78 is 5.40. The number of carbonyl (C=O) groups excluding carboxylic acids is 1. The number of nitrogens with one attached hydrogen (secondary N) is 2. The highest BCUT2D eigenvalue weighted by molar-refractivity contribution is 6.30. The van der Waals surface area contributed by atoms with Gasteiger partial charge < -0.3 is 20.1 Å². The normalized spacial score (nSPS) is 14.2. The third-order valence-corrected chi connectivity index (χ3v) is 6.89. The van der Waals surface area contributed by atoms with E-state index in [-0.39, 0.29) is 5.91 Å². The second-order valence-corrected chi connectivity index (χ2v) is 9.66. The standard InChI is InChI=1S/C27H30ClN7O2/c1-17-25(18(2)37-33-17)20-7-8-23-22(14-20)26(30-15-19-5-4-6-21(28)13-19)32-27(31-23)35-11-9-34(10-12-35)16-24(36)29-3/h4-8,13-14H,9-12,15-16H2,1-3H3,(H,29,36)(H,30,31,32). The molecule has 1 amide bonds. The number of hydrogen-bond acceptors (Lipinski definition) is 8. The highest BCUT2D eigenvalue weighted by atomic mass is 35.5. The van der Waals surface area contributed by atoms with Crippen molar-refractivity contribution in [1.29, 1.82) is 0 Å². The fraction of sp³-hybridized carbons (Fsp3) is 0.333. The number of nitrogens with zero attached hydrogens (tertiary/aromatic N) is 5. The van der Waals surface area contributed by atoms with E-state index in [0.29, 0.717) is 24.1 Å². The van der Waals surface area contributed by atoms with E-state index in [9.17, 15) is 4.79 Å². The molecule has 3 heterocycles. The average molecular weight is 520 g/mol. The molecule has 1 saturated heterocycles. The van der Waals surface area contributed by atoms with Crippen LogP contribution in [0.5, 0.6) is 0 Å². The first-order valence-corrected chi connectivity index (χ1v) is 12.7. The van der Waals surface area contributed by atoms with Gasteiger partial charge in [0, 0.05) is 55.7 Å². The van der Waals surface area contributed by atoms with Gasteiger partial charge in [0.2, 0.25) is 11.9 Å². The van der Waals surface area contributed by atoms with Crippen LogP contribution in [0.25, 0.3) is 22.0 Å².